The summed E-state index contributed by atoms with van der Waals surface area (Å²) in [5, 5.41) is 26.5. The molecule has 0 bridgehead atoms. The number of aryl methyl sites for hydroxylation is 1. The number of rotatable bonds is 11. The Morgan fingerprint density at radius 2 is 1.82 bits per heavy atom. The highest BCUT2D eigenvalue weighted by atomic mass is 35.5. The predicted octanol–water partition coefficient (Wildman–Crippen LogP) is 6.18. The lowest BCUT2D eigenvalue weighted by Crippen LogP contribution is -2.40. The van der Waals surface area contributed by atoms with Crippen LogP contribution in [-0.4, -0.2) is 77.0 Å². The quantitative estimate of drug-likeness (QED) is 0.139. The van der Waals surface area contributed by atoms with Gasteiger partial charge in [0.25, 0.3) is 0 Å². The number of halogens is 6. The van der Waals surface area contributed by atoms with E-state index in [9.17, 15) is 23.4 Å². The van der Waals surface area contributed by atoms with Crippen molar-refractivity contribution >= 4 is 65.1 Å². The average Bonchev–Trinajstić information content (AvgIpc) is 3.39. The van der Waals surface area contributed by atoms with Gasteiger partial charge in [-0.3, -0.25) is 0 Å². The third kappa shape index (κ3) is 8.15. The van der Waals surface area contributed by atoms with Crippen LogP contribution in [0.1, 0.15) is 63.4 Å². The highest BCUT2D eigenvalue weighted by molar-refractivity contribution is 5.87. The summed E-state index contributed by atoms with van der Waals surface area (Å²) >= 11 is 0. The number of H-pyrrole nitrogens is 1. The Morgan fingerprint density at radius 3 is 2.51 bits per heavy atom. The van der Waals surface area contributed by atoms with Crippen LogP contribution in [0.5, 0.6) is 0 Å². The van der Waals surface area contributed by atoms with E-state index in [1.54, 1.807) is 6.33 Å². The molecular weight excluding hydrogens is 654 g/mol. The van der Waals surface area contributed by atoms with Crippen molar-refractivity contribution in [3.05, 3.63) is 48.2 Å². The van der Waals surface area contributed by atoms with Crippen molar-refractivity contribution in [2.75, 3.05) is 18.4 Å². The Balaban J connectivity index is 0.00000184. The molecule has 4 N–H and O–H groups in total. The molecule has 45 heavy (non-hydrogen) atoms. The summed E-state index contributed by atoms with van der Waals surface area (Å²) in [6.45, 7) is 5.70. The van der Waals surface area contributed by atoms with Crippen LogP contribution in [0.2, 0.25) is 0 Å². The Labute approximate surface area is 278 Å². The van der Waals surface area contributed by atoms with Crippen molar-refractivity contribution < 1.29 is 23.4 Å². The van der Waals surface area contributed by atoms with Gasteiger partial charge in [-0.2, -0.15) is 13.2 Å². The number of fused-ring (bicyclic) bond motifs is 2. The Bertz CT molecular complexity index is 1550. The first kappa shape index (κ1) is 37.1. The second-order valence-corrected chi connectivity index (χ2v) is 12.1. The maximum absolute atomic E-state index is 13.0. The molecule has 2 saturated carbocycles. The molecule has 0 saturated heterocycles. The largest absolute Gasteiger partial charge is 0.416 e. The van der Waals surface area contributed by atoms with Crippen LogP contribution in [0.15, 0.2) is 36.8 Å². The molecule has 3 heterocycles. The predicted molar refractivity (Wildman–Crippen MR) is 176 cm³/mol. The molecule has 9 nitrogen and oxygen atoms in total. The lowest BCUT2D eigenvalue weighted by atomic mass is 10.0. The third-order valence-electron chi connectivity index (χ3n) is 8.72. The van der Waals surface area contributed by atoms with E-state index >= 15 is 0 Å². The van der Waals surface area contributed by atoms with Crippen LogP contribution in [0.25, 0.3) is 22.1 Å². The number of alkyl halides is 3. The van der Waals surface area contributed by atoms with E-state index in [4.69, 9.17) is 0 Å². The molecule has 0 radical (unpaired) electrons. The SMILES string of the molecule is CC(C)N(CCCCc1nc2ccc(C(F)(F)F)cc2[nH]1)C[C@H]1C[C@@H](n2ccc3c(NC4CC4)ncnc32)[C@H](O)[C@@H]1O.Cl.Cl.Cl. The number of hydrogen-bond acceptors (Lipinski definition) is 7. The van der Waals surface area contributed by atoms with Gasteiger partial charge in [-0.05, 0) is 76.8 Å². The van der Waals surface area contributed by atoms with Crippen molar-refractivity contribution in [2.24, 2.45) is 5.92 Å². The van der Waals surface area contributed by atoms with Crippen molar-refractivity contribution in [1.29, 1.82) is 0 Å². The van der Waals surface area contributed by atoms with Crippen molar-refractivity contribution in [3.63, 3.8) is 0 Å². The molecule has 250 valence electrons. The number of aliphatic hydroxyl groups excluding tert-OH is 2. The van der Waals surface area contributed by atoms with E-state index in [-0.39, 0.29) is 55.2 Å². The second kappa shape index (κ2) is 15.0. The highest BCUT2D eigenvalue weighted by Gasteiger charge is 2.43. The van der Waals surface area contributed by atoms with Gasteiger partial charge in [0.15, 0.2) is 0 Å². The molecule has 6 rings (SSSR count). The normalized spacial score (nSPS) is 21.6. The number of nitrogens with zero attached hydrogens (tertiary/aromatic N) is 5. The molecule has 3 aromatic heterocycles. The van der Waals surface area contributed by atoms with Crippen molar-refractivity contribution in [2.45, 2.75) is 88.9 Å². The summed E-state index contributed by atoms with van der Waals surface area (Å²) in [5.74, 6) is 1.38. The second-order valence-electron chi connectivity index (χ2n) is 12.1. The molecule has 0 spiro atoms. The van der Waals surface area contributed by atoms with Crippen LogP contribution >= 0.6 is 37.2 Å². The molecule has 2 fully saturated rings. The van der Waals surface area contributed by atoms with Gasteiger partial charge in [-0.1, -0.05) is 0 Å². The maximum Gasteiger partial charge on any atom is 0.416 e. The monoisotopic (exact) mass is 693 g/mol. The van der Waals surface area contributed by atoms with Crippen LogP contribution in [0, 0.1) is 5.92 Å². The van der Waals surface area contributed by atoms with E-state index in [1.165, 1.54) is 6.07 Å². The molecule has 1 aromatic carbocycles. The van der Waals surface area contributed by atoms with Crippen LogP contribution in [0.4, 0.5) is 19.0 Å². The van der Waals surface area contributed by atoms with Gasteiger partial charge in [-0.25, -0.2) is 15.0 Å². The number of aromatic amines is 1. The fourth-order valence-electron chi connectivity index (χ4n) is 6.16. The molecule has 0 unspecified atom stereocenters. The number of anilines is 1. The Hall–Kier alpha value is -2.35. The number of benzene rings is 1. The lowest BCUT2D eigenvalue weighted by Gasteiger charge is -2.30. The van der Waals surface area contributed by atoms with E-state index in [2.05, 4.69) is 44.0 Å². The summed E-state index contributed by atoms with van der Waals surface area (Å²) in [5.41, 5.74) is 0.991. The van der Waals surface area contributed by atoms with Crippen LogP contribution < -0.4 is 5.32 Å². The van der Waals surface area contributed by atoms with Gasteiger partial charge < -0.3 is 30.0 Å². The summed E-state index contributed by atoms with van der Waals surface area (Å²) < 4.78 is 41.1. The highest BCUT2D eigenvalue weighted by Crippen LogP contribution is 2.39. The summed E-state index contributed by atoms with van der Waals surface area (Å²) in [6.07, 6.45) is 2.57. The zero-order valence-electron chi connectivity index (χ0n) is 25.1. The topological polar surface area (TPSA) is 115 Å². The van der Waals surface area contributed by atoms with Crippen LogP contribution in [-0.2, 0) is 12.6 Å². The zero-order chi connectivity index (χ0) is 29.6. The molecule has 15 heteroatoms. The van der Waals surface area contributed by atoms with Crippen molar-refractivity contribution in [1.82, 2.24) is 29.4 Å². The lowest BCUT2D eigenvalue weighted by molar-refractivity contribution is -0.137. The molecule has 0 aliphatic heterocycles. The number of nitrogens with one attached hydrogen (secondary N) is 2. The number of hydrogen-bond donors (Lipinski definition) is 4. The third-order valence-corrected chi connectivity index (χ3v) is 8.72. The van der Waals surface area contributed by atoms with E-state index in [0.29, 0.717) is 42.3 Å². The minimum absolute atomic E-state index is 0. The smallest absolute Gasteiger partial charge is 0.390 e. The summed E-state index contributed by atoms with van der Waals surface area (Å²) in [6, 6.07) is 5.96. The van der Waals surface area contributed by atoms with Gasteiger partial charge in [0.05, 0.1) is 34.1 Å². The van der Waals surface area contributed by atoms with Gasteiger partial charge in [0.2, 0.25) is 0 Å². The van der Waals surface area contributed by atoms with Crippen molar-refractivity contribution in [3.8, 4) is 0 Å². The zero-order valence-corrected chi connectivity index (χ0v) is 27.5. The first-order valence-electron chi connectivity index (χ1n) is 14.8. The first-order valence-corrected chi connectivity index (χ1v) is 14.8. The minimum atomic E-state index is -4.39. The molecule has 2 aliphatic carbocycles. The van der Waals surface area contributed by atoms with Gasteiger partial charge in [0.1, 0.15) is 29.7 Å². The molecule has 4 aromatic rings. The van der Waals surface area contributed by atoms with E-state index in [1.807, 2.05) is 16.8 Å². The number of aliphatic hydroxyl groups is 2. The summed E-state index contributed by atoms with van der Waals surface area (Å²) in [7, 11) is 0. The minimum Gasteiger partial charge on any atom is -0.390 e. The average molecular weight is 695 g/mol. The standard InChI is InChI=1S/C30H38F3N7O2.3ClH/c1-17(2)39(11-4-3-5-25-37-22-9-6-19(30(31,32)33)14-23(22)38-25)15-18-13-24(27(42)26(18)41)40-12-10-21-28(36-20-7-8-20)34-16-35-29(21)40;;;/h6,9-10,12,14,16-18,20,24,26-27,41-42H,3-5,7-8,11,13,15H2,1-2H3,(H,37,38)(H,34,35,36);3*1H/t18-,24-,26-,27+;;;/m1.../s1. The Morgan fingerprint density at radius 1 is 1.07 bits per heavy atom. The first-order chi connectivity index (χ1) is 20.1. The van der Waals surface area contributed by atoms with E-state index in [0.717, 1.165) is 61.2 Å². The maximum atomic E-state index is 13.0. The number of unbranched alkanes of at least 4 members (excludes halogenated alkanes) is 1. The molecule has 0 amide bonds. The van der Waals surface area contributed by atoms with E-state index < -0.39 is 23.9 Å². The van der Waals surface area contributed by atoms with Gasteiger partial charge in [0, 0.05) is 37.2 Å². The van der Waals surface area contributed by atoms with Gasteiger partial charge >= 0.3 is 6.18 Å². The molecular formula is C30H41Cl3F3N7O2. The number of imidazole rings is 1. The van der Waals surface area contributed by atoms with Crippen LogP contribution in [0.3, 0.4) is 0 Å². The fourth-order valence-corrected chi connectivity index (χ4v) is 6.16. The Kier molecular flexibility index (Phi) is 12.4. The number of aromatic nitrogens is 5. The summed E-state index contributed by atoms with van der Waals surface area (Å²) in [4.78, 5) is 18.7. The molecule has 4 atom stereocenters. The molecule has 2 aliphatic rings. The fraction of sp³-hybridized carbons (Fsp3) is 0.567. The van der Waals surface area contributed by atoms with Gasteiger partial charge in [-0.15, -0.1) is 37.2 Å².